The van der Waals surface area contributed by atoms with Gasteiger partial charge in [0.2, 0.25) is 5.91 Å². The minimum atomic E-state index is -0.140. The molecule has 2 aromatic heterocycles. The average molecular weight is 362 g/mol. The summed E-state index contributed by atoms with van der Waals surface area (Å²) in [6.07, 6.45) is 4.09. The fourth-order valence-corrected chi connectivity index (χ4v) is 3.27. The number of carbonyl (C=O) groups is 1. The van der Waals surface area contributed by atoms with E-state index in [4.69, 9.17) is 5.26 Å². The van der Waals surface area contributed by atoms with E-state index in [1.807, 2.05) is 25.3 Å². The third kappa shape index (κ3) is 3.69. The number of carbonyl (C=O) groups excluding carboxylic acids is 1. The summed E-state index contributed by atoms with van der Waals surface area (Å²) < 4.78 is 1.37. The van der Waals surface area contributed by atoms with Crippen LogP contribution in [-0.4, -0.2) is 49.8 Å². The summed E-state index contributed by atoms with van der Waals surface area (Å²) in [5, 5.41) is 16.7. The van der Waals surface area contributed by atoms with Crippen molar-refractivity contribution in [3.05, 3.63) is 42.4 Å². The highest BCUT2D eigenvalue weighted by atomic mass is 16.2. The number of aryl methyl sites for hydroxylation is 1. The Bertz CT molecular complexity index is 1040. The lowest BCUT2D eigenvalue weighted by atomic mass is 10.2. The Kier molecular flexibility index (Phi) is 4.38. The molecule has 9 heteroatoms. The minimum absolute atomic E-state index is 0.0534. The molecule has 1 atom stereocenters. The van der Waals surface area contributed by atoms with Crippen molar-refractivity contribution < 1.29 is 4.79 Å². The molecule has 1 saturated heterocycles. The molecule has 4 rings (SSSR count). The number of nitrogens with zero attached hydrogens (tertiary/aromatic N) is 7. The topological polar surface area (TPSA) is 113 Å². The van der Waals surface area contributed by atoms with E-state index < -0.39 is 0 Å². The number of nitrogens with one attached hydrogen (secondary N) is 1. The third-order valence-electron chi connectivity index (χ3n) is 4.54. The van der Waals surface area contributed by atoms with Crippen LogP contribution in [0.5, 0.6) is 0 Å². The van der Waals surface area contributed by atoms with Gasteiger partial charge in [-0.05, 0) is 31.5 Å². The molecule has 0 bridgehead atoms. The van der Waals surface area contributed by atoms with E-state index in [1.54, 1.807) is 0 Å². The summed E-state index contributed by atoms with van der Waals surface area (Å²) in [6.45, 7) is 3.54. The fraction of sp³-hybridized carbons (Fsp3) is 0.333. The molecular formula is C18H18N8O. The molecule has 1 fully saturated rings. The molecule has 1 N–H and O–H groups in total. The first kappa shape index (κ1) is 16.9. The van der Waals surface area contributed by atoms with Gasteiger partial charge in [-0.3, -0.25) is 4.79 Å². The summed E-state index contributed by atoms with van der Waals surface area (Å²) in [6, 6.07) is 8.05. The number of fused-ring (bicyclic) bond motifs is 1. The van der Waals surface area contributed by atoms with Gasteiger partial charge in [-0.15, -0.1) is 5.10 Å². The van der Waals surface area contributed by atoms with Gasteiger partial charge in [0.15, 0.2) is 0 Å². The molecule has 0 radical (unpaired) electrons. The number of aromatic nitrogens is 5. The number of hydrogen-bond acceptors (Lipinski definition) is 7. The number of benzene rings is 1. The molecule has 0 saturated carbocycles. The van der Waals surface area contributed by atoms with Gasteiger partial charge in [-0.2, -0.15) is 5.26 Å². The van der Waals surface area contributed by atoms with Gasteiger partial charge in [0.05, 0.1) is 5.52 Å². The Morgan fingerprint density at radius 3 is 3.11 bits per heavy atom. The van der Waals surface area contributed by atoms with Crippen molar-refractivity contribution in [2.24, 2.45) is 0 Å². The smallest absolute Gasteiger partial charge is 0.252 e. The van der Waals surface area contributed by atoms with E-state index in [9.17, 15) is 4.79 Å². The standard InChI is InChI=1S/C18H18N8O/c1-12-20-8-13-6-15(2-3-16(13)22-12)25-5-4-14(9-25)23-18(27)10-26-11-21-17(7-19)24-26/h2-3,6,8,11,14H,4-5,9-10H2,1H3,(H,23,27)/t14-/m0/s1. The monoisotopic (exact) mass is 362 g/mol. The van der Waals surface area contributed by atoms with Crippen LogP contribution >= 0.6 is 0 Å². The first-order chi connectivity index (χ1) is 13.1. The maximum absolute atomic E-state index is 12.2. The van der Waals surface area contributed by atoms with Crippen molar-refractivity contribution in [3.63, 3.8) is 0 Å². The van der Waals surface area contributed by atoms with Crippen molar-refractivity contribution in [2.45, 2.75) is 25.9 Å². The zero-order valence-corrected chi connectivity index (χ0v) is 14.8. The first-order valence-electron chi connectivity index (χ1n) is 8.68. The Morgan fingerprint density at radius 2 is 2.30 bits per heavy atom. The summed E-state index contributed by atoms with van der Waals surface area (Å²) in [7, 11) is 0. The van der Waals surface area contributed by atoms with Crippen LogP contribution in [0.2, 0.25) is 0 Å². The fourth-order valence-electron chi connectivity index (χ4n) is 3.27. The molecule has 1 aliphatic heterocycles. The van der Waals surface area contributed by atoms with E-state index >= 15 is 0 Å². The number of nitriles is 1. The van der Waals surface area contributed by atoms with Gasteiger partial charge >= 0.3 is 0 Å². The number of hydrogen-bond donors (Lipinski definition) is 1. The summed E-state index contributed by atoms with van der Waals surface area (Å²) >= 11 is 0. The van der Waals surface area contributed by atoms with Crippen molar-refractivity contribution in [1.82, 2.24) is 30.0 Å². The largest absolute Gasteiger partial charge is 0.369 e. The summed E-state index contributed by atoms with van der Waals surface area (Å²) in [5.74, 6) is 0.678. The molecule has 3 aromatic rings. The van der Waals surface area contributed by atoms with Crippen LogP contribution in [-0.2, 0) is 11.3 Å². The maximum atomic E-state index is 12.2. The molecule has 0 unspecified atom stereocenters. The normalized spacial score (nSPS) is 16.4. The predicted molar refractivity (Wildman–Crippen MR) is 97.8 cm³/mol. The highest BCUT2D eigenvalue weighted by Crippen LogP contribution is 2.24. The first-order valence-corrected chi connectivity index (χ1v) is 8.68. The zero-order chi connectivity index (χ0) is 18.8. The van der Waals surface area contributed by atoms with Crippen LogP contribution in [0.15, 0.2) is 30.7 Å². The molecule has 0 aliphatic carbocycles. The third-order valence-corrected chi connectivity index (χ3v) is 4.54. The Labute approximate surface area is 155 Å². The van der Waals surface area contributed by atoms with Gasteiger partial charge in [-0.1, -0.05) is 0 Å². The van der Waals surface area contributed by atoms with Gasteiger partial charge in [0, 0.05) is 36.4 Å². The van der Waals surface area contributed by atoms with Crippen molar-refractivity contribution in [2.75, 3.05) is 18.0 Å². The highest BCUT2D eigenvalue weighted by molar-refractivity contribution is 5.82. The van der Waals surface area contributed by atoms with E-state index in [1.165, 1.54) is 11.0 Å². The molecule has 9 nitrogen and oxygen atoms in total. The van der Waals surface area contributed by atoms with Gasteiger partial charge in [0.25, 0.3) is 5.82 Å². The molecule has 0 spiro atoms. The predicted octanol–water partition coefficient (Wildman–Crippen LogP) is 0.796. The van der Waals surface area contributed by atoms with Crippen molar-refractivity contribution in [3.8, 4) is 6.07 Å². The highest BCUT2D eigenvalue weighted by Gasteiger charge is 2.24. The van der Waals surface area contributed by atoms with Crippen LogP contribution < -0.4 is 10.2 Å². The number of amides is 1. The molecule has 1 aliphatic rings. The van der Waals surface area contributed by atoms with Crippen molar-refractivity contribution in [1.29, 1.82) is 5.26 Å². The van der Waals surface area contributed by atoms with Crippen molar-refractivity contribution >= 4 is 22.5 Å². The van der Waals surface area contributed by atoms with Crippen LogP contribution in [0, 0.1) is 18.3 Å². The number of rotatable bonds is 4. The zero-order valence-electron chi connectivity index (χ0n) is 14.8. The van der Waals surface area contributed by atoms with Crippen LogP contribution in [0.25, 0.3) is 10.9 Å². The van der Waals surface area contributed by atoms with E-state index in [2.05, 4.69) is 42.4 Å². The van der Waals surface area contributed by atoms with Gasteiger partial charge < -0.3 is 10.2 Å². The summed E-state index contributed by atoms with van der Waals surface area (Å²) in [4.78, 5) is 26.9. The second kappa shape index (κ2) is 6.99. The average Bonchev–Trinajstić information content (AvgIpc) is 3.30. The molecule has 136 valence electrons. The summed E-state index contributed by atoms with van der Waals surface area (Å²) in [5.41, 5.74) is 2.03. The second-order valence-electron chi connectivity index (χ2n) is 6.54. The minimum Gasteiger partial charge on any atom is -0.369 e. The number of anilines is 1. The Balaban J connectivity index is 1.37. The molecule has 1 aromatic carbocycles. The second-order valence-corrected chi connectivity index (χ2v) is 6.54. The van der Waals surface area contributed by atoms with Crippen LogP contribution in [0.1, 0.15) is 18.1 Å². The Morgan fingerprint density at radius 1 is 1.41 bits per heavy atom. The van der Waals surface area contributed by atoms with E-state index in [-0.39, 0.29) is 24.3 Å². The van der Waals surface area contributed by atoms with Gasteiger partial charge in [-0.25, -0.2) is 19.6 Å². The quantitative estimate of drug-likeness (QED) is 0.730. The van der Waals surface area contributed by atoms with Gasteiger partial charge in [0.1, 0.15) is 24.8 Å². The van der Waals surface area contributed by atoms with E-state index in [0.29, 0.717) is 0 Å². The Hall–Kier alpha value is -3.54. The molecule has 3 heterocycles. The lowest BCUT2D eigenvalue weighted by Crippen LogP contribution is -2.39. The van der Waals surface area contributed by atoms with Crippen LogP contribution in [0.4, 0.5) is 5.69 Å². The lowest BCUT2D eigenvalue weighted by Gasteiger charge is -2.19. The molecule has 27 heavy (non-hydrogen) atoms. The SMILES string of the molecule is Cc1ncc2cc(N3CC[C@H](NC(=O)Cn4cnc(C#N)n4)C3)ccc2n1. The maximum Gasteiger partial charge on any atom is 0.252 e. The lowest BCUT2D eigenvalue weighted by molar-refractivity contribution is -0.122. The molecule has 1 amide bonds. The van der Waals surface area contributed by atoms with Crippen LogP contribution in [0.3, 0.4) is 0 Å². The van der Waals surface area contributed by atoms with E-state index in [0.717, 1.165) is 41.9 Å². The molecular weight excluding hydrogens is 344 g/mol.